The molecule has 0 unspecified atom stereocenters. The van der Waals surface area contributed by atoms with E-state index >= 15 is 0 Å². The largest absolute Gasteiger partial charge is 0.401 e. The van der Waals surface area contributed by atoms with Gasteiger partial charge in [-0.3, -0.25) is 0 Å². The summed E-state index contributed by atoms with van der Waals surface area (Å²) in [4.78, 5) is 0. The van der Waals surface area contributed by atoms with Crippen LogP contribution in [-0.2, 0) is 0 Å². The van der Waals surface area contributed by atoms with Crippen molar-refractivity contribution in [2.75, 3.05) is 0 Å². The lowest BCUT2D eigenvalue weighted by Crippen LogP contribution is -2.14. The molecular weight excluding hydrogens is 162 g/mol. The molecule has 0 amide bonds. The lowest BCUT2D eigenvalue weighted by molar-refractivity contribution is 0.143. The molecule has 0 atom stereocenters. The Kier molecular flexibility index (Phi) is 4.94. The Labute approximate surface area is 80.1 Å². The Morgan fingerprint density at radius 1 is 1.54 bits per heavy atom. The van der Waals surface area contributed by atoms with Crippen LogP contribution in [0, 0.1) is 11.8 Å². The monoisotopic (exact) mass is 179 g/mol. The van der Waals surface area contributed by atoms with Crippen LogP contribution in [0.25, 0.3) is 0 Å². The molecule has 2 heteroatoms. The highest BCUT2D eigenvalue weighted by Crippen LogP contribution is 1.98. The van der Waals surface area contributed by atoms with Gasteiger partial charge in [0.2, 0.25) is 0 Å². The summed E-state index contributed by atoms with van der Waals surface area (Å²) in [7, 11) is 0. The van der Waals surface area contributed by atoms with E-state index in [1.807, 2.05) is 19.1 Å². The van der Waals surface area contributed by atoms with E-state index in [9.17, 15) is 5.11 Å². The van der Waals surface area contributed by atoms with Gasteiger partial charge >= 0.3 is 0 Å². The van der Waals surface area contributed by atoms with Gasteiger partial charge in [-0.15, -0.1) is 0 Å². The molecular formula is C11H17NO. The minimum absolute atomic E-state index is 0.494. The normalized spacial score (nSPS) is 12.8. The summed E-state index contributed by atoms with van der Waals surface area (Å²) in [5.41, 5.74) is 5.39. The molecule has 0 aliphatic rings. The SMILES string of the molecule is C/C=C\C=C(\N)CC#CC(C)(C)O. The minimum Gasteiger partial charge on any atom is -0.401 e. The Balaban J connectivity index is 4.07. The number of allylic oxidation sites excluding steroid dienone is 4. The first kappa shape index (κ1) is 11.8. The molecule has 0 radical (unpaired) electrons. The Hall–Kier alpha value is -1.20. The third-order valence-corrected chi connectivity index (χ3v) is 1.19. The second-order valence-corrected chi connectivity index (χ2v) is 3.30. The fourth-order valence-corrected chi connectivity index (χ4v) is 0.641. The highest BCUT2D eigenvalue weighted by atomic mass is 16.3. The van der Waals surface area contributed by atoms with E-state index in [-0.39, 0.29) is 0 Å². The Bertz CT molecular complexity index is 258. The van der Waals surface area contributed by atoms with Crippen LogP contribution in [0.5, 0.6) is 0 Å². The second-order valence-electron chi connectivity index (χ2n) is 3.30. The van der Waals surface area contributed by atoms with Crippen molar-refractivity contribution in [3.8, 4) is 11.8 Å². The van der Waals surface area contributed by atoms with Gasteiger partial charge in [-0.25, -0.2) is 0 Å². The van der Waals surface area contributed by atoms with E-state index in [0.717, 1.165) is 0 Å². The van der Waals surface area contributed by atoms with Crippen molar-refractivity contribution in [2.24, 2.45) is 5.73 Å². The maximum Gasteiger partial charge on any atom is 0.119 e. The van der Waals surface area contributed by atoms with Gasteiger partial charge in [0.05, 0.1) is 0 Å². The summed E-state index contributed by atoms with van der Waals surface area (Å²) in [5, 5.41) is 9.26. The predicted octanol–water partition coefficient (Wildman–Crippen LogP) is 1.57. The minimum atomic E-state index is -0.930. The number of rotatable bonds is 2. The van der Waals surface area contributed by atoms with Crippen molar-refractivity contribution in [3.05, 3.63) is 23.9 Å². The van der Waals surface area contributed by atoms with E-state index in [0.29, 0.717) is 12.1 Å². The standard InChI is InChI=1S/C11H17NO/c1-4-5-7-10(12)8-6-9-11(2,3)13/h4-5,7,13H,8,12H2,1-3H3/b5-4-,10-7+. The van der Waals surface area contributed by atoms with Gasteiger partial charge in [-0.05, 0) is 26.8 Å². The van der Waals surface area contributed by atoms with E-state index in [1.165, 1.54) is 0 Å². The average molecular weight is 179 g/mol. The van der Waals surface area contributed by atoms with Crippen LogP contribution in [0.3, 0.4) is 0 Å². The van der Waals surface area contributed by atoms with Crippen LogP contribution in [0.1, 0.15) is 27.2 Å². The first-order valence-electron chi connectivity index (χ1n) is 4.25. The van der Waals surface area contributed by atoms with Gasteiger partial charge in [0.1, 0.15) is 5.60 Å². The summed E-state index contributed by atoms with van der Waals surface area (Å²) in [5.74, 6) is 5.50. The molecule has 0 spiro atoms. The van der Waals surface area contributed by atoms with Gasteiger partial charge in [0.15, 0.2) is 0 Å². The smallest absolute Gasteiger partial charge is 0.119 e. The predicted molar refractivity (Wildman–Crippen MR) is 55.8 cm³/mol. The molecule has 0 heterocycles. The Morgan fingerprint density at radius 2 is 2.15 bits per heavy atom. The molecule has 0 rings (SSSR count). The van der Waals surface area contributed by atoms with Gasteiger partial charge in [0.25, 0.3) is 0 Å². The fraction of sp³-hybridized carbons (Fsp3) is 0.455. The number of hydrogen-bond donors (Lipinski definition) is 2. The van der Waals surface area contributed by atoms with Crippen molar-refractivity contribution >= 4 is 0 Å². The third kappa shape index (κ3) is 8.71. The second kappa shape index (κ2) is 5.45. The van der Waals surface area contributed by atoms with Crippen molar-refractivity contribution in [1.29, 1.82) is 0 Å². The van der Waals surface area contributed by atoms with Crippen molar-refractivity contribution in [1.82, 2.24) is 0 Å². The molecule has 2 nitrogen and oxygen atoms in total. The maximum atomic E-state index is 9.26. The maximum absolute atomic E-state index is 9.26. The van der Waals surface area contributed by atoms with Crippen LogP contribution in [0.2, 0.25) is 0 Å². The molecule has 0 aromatic rings. The molecule has 3 N–H and O–H groups in total. The molecule has 0 aliphatic heterocycles. The number of aliphatic hydroxyl groups is 1. The molecule has 0 aromatic carbocycles. The third-order valence-electron chi connectivity index (χ3n) is 1.19. The van der Waals surface area contributed by atoms with Crippen LogP contribution in [-0.4, -0.2) is 10.7 Å². The molecule has 0 bridgehead atoms. The highest BCUT2D eigenvalue weighted by molar-refractivity contribution is 5.18. The van der Waals surface area contributed by atoms with Crippen LogP contribution in [0.4, 0.5) is 0 Å². The number of hydrogen-bond acceptors (Lipinski definition) is 2. The van der Waals surface area contributed by atoms with E-state index in [1.54, 1.807) is 19.9 Å². The molecule has 0 saturated heterocycles. The quantitative estimate of drug-likeness (QED) is 0.499. The van der Waals surface area contributed by atoms with Gasteiger partial charge in [-0.2, -0.15) is 0 Å². The zero-order valence-electron chi connectivity index (χ0n) is 8.46. The van der Waals surface area contributed by atoms with Crippen molar-refractivity contribution in [3.63, 3.8) is 0 Å². The molecule has 72 valence electrons. The van der Waals surface area contributed by atoms with Crippen molar-refractivity contribution < 1.29 is 5.11 Å². The molecule has 0 fully saturated rings. The van der Waals surface area contributed by atoms with Crippen LogP contribution in [0.15, 0.2) is 23.9 Å². The summed E-state index contributed by atoms with van der Waals surface area (Å²) in [6.07, 6.45) is 6.06. The summed E-state index contributed by atoms with van der Waals surface area (Å²) in [6, 6.07) is 0. The number of nitrogens with two attached hydrogens (primary N) is 1. The van der Waals surface area contributed by atoms with Crippen LogP contribution >= 0.6 is 0 Å². The van der Waals surface area contributed by atoms with Crippen LogP contribution < -0.4 is 5.73 Å². The highest BCUT2D eigenvalue weighted by Gasteiger charge is 2.04. The van der Waals surface area contributed by atoms with Crippen molar-refractivity contribution in [2.45, 2.75) is 32.8 Å². The van der Waals surface area contributed by atoms with Gasteiger partial charge < -0.3 is 10.8 Å². The summed E-state index contributed by atoms with van der Waals surface area (Å²) >= 11 is 0. The van der Waals surface area contributed by atoms with Gasteiger partial charge in [-0.1, -0.05) is 24.0 Å². The topological polar surface area (TPSA) is 46.2 Å². The fourth-order valence-electron chi connectivity index (χ4n) is 0.641. The van der Waals surface area contributed by atoms with E-state index < -0.39 is 5.60 Å². The first-order valence-corrected chi connectivity index (χ1v) is 4.25. The molecule has 0 aromatic heterocycles. The summed E-state index contributed by atoms with van der Waals surface area (Å²) in [6.45, 7) is 5.21. The lowest BCUT2D eigenvalue weighted by atomic mass is 10.1. The zero-order chi connectivity index (χ0) is 10.3. The molecule has 13 heavy (non-hydrogen) atoms. The average Bonchev–Trinajstić information content (AvgIpc) is 1.98. The lowest BCUT2D eigenvalue weighted by Gasteiger charge is -2.05. The van der Waals surface area contributed by atoms with E-state index in [4.69, 9.17) is 5.73 Å². The first-order chi connectivity index (χ1) is 5.95. The molecule has 0 saturated carbocycles. The molecule has 0 aliphatic carbocycles. The Morgan fingerprint density at radius 3 is 2.62 bits per heavy atom. The van der Waals surface area contributed by atoms with E-state index in [2.05, 4.69) is 11.8 Å². The summed E-state index contributed by atoms with van der Waals surface area (Å²) < 4.78 is 0. The van der Waals surface area contributed by atoms with Gasteiger partial charge in [0, 0.05) is 12.1 Å². The zero-order valence-corrected chi connectivity index (χ0v) is 8.46.